The molecule has 2 aromatic heterocycles. The van der Waals surface area contributed by atoms with Gasteiger partial charge in [-0.05, 0) is 70.5 Å². The summed E-state index contributed by atoms with van der Waals surface area (Å²) in [6, 6.07) is 11.4. The number of rotatable bonds is 10. The highest BCUT2D eigenvalue weighted by molar-refractivity contribution is 5.85. The minimum absolute atomic E-state index is 0.396. The average Bonchev–Trinajstić information content (AvgIpc) is 3.16. The maximum Gasteiger partial charge on any atom is 0.126 e. The molecule has 1 aliphatic rings. The molecule has 3 aromatic rings. The van der Waals surface area contributed by atoms with Crippen LogP contribution in [0.4, 0.5) is 5.82 Å². The van der Waals surface area contributed by atoms with E-state index in [1.165, 1.54) is 33.3 Å². The number of hydrogen-bond acceptors (Lipinski definition) is 5. The summed E-state index contributed by atoms with van der Waals surface area (Å²) >= 11 is 0. The first-order valence-electron chi connectivity index (χ1n) is 12.3. The van der Waals surface area contributed by atoms with Crippen LogP contribution in [0.25, 0.3) is 10.9 Å². The van der Waals surface area contributed by atoms with Crippen LogP contribution < -0.4 is 5.32 Å². The molecule has 2 N–H and O–H groups in total. The Balaban J connectivity index is 1.30. The van der Waals surface area contributed by atoms with Crippen molar-refractivity contribution < 1.29 is 4.74 Å². The summed E-state index contributed by atoms with van der Waals surface area (Å²) in [5, 5.41) is 4.94. The Kier molecular flexibility index (Phi) is 7.68. The van der Waals surface area contributed by atoms with Gasteiger partial charge in [-0.2, -0.15) is 0 Å². The molecule has 1 unspecified atom stereocenters. The number of anilines is 1. The first-order valence-corrected chi connectivity index (χ1v) is 12.3. The van der Waals surface area contributed by atoms with Crippen LogP contribution in [0.2, 0.25) is 0 Å². The normalized spacial score (nSPS) is 16.5. The van der Waals surface area contributed by atoms with Gasteiger partial charge in [-0.15, -0.1) is 0 Å². The molecule has 1 aliphatic heterocycles. The number of nitrogens with zero attached hydrogens (tertiary/aromatic N) is 3. The third-order valence-corrected chi connectivity index (χ3v) is 6.87. The lowest BCUT2D eigenvalue weighted by atomic mass is 9.97. The standard InChI is InChI=1S/C27H39N5O/c1-6-33-16-15-31(5)18-22-8-10-26(29-20(22)3)28-12-14-32-13-11-23-24-17-19(2)7-9-25(24)30-27(23)21(32)4/h7-10,17,21,30H,6,11-16,18H2,1-5H3,(H,28,29). The molecule has 178 valence electrons. The molecule has 0 radical (unpaired) electrons. The Bertz CT molecular complexity index is 1080. The zero-order chi connectivity index (χ0) is 23.4. The zero-order valence-corrected chi connectivity index (χ0v) is 20.9. The lowest BCUT2D eigenvalue weighted by Gasteiger charge is -2.33. The van der Waals surface area contributed by atoms with E-state index >= 15 is 0 Å². The van der Waals surface area contributed by atoms with Gasteiger partial charge < -0.3 is 15.0 Å². The molecule has 0 fully saturated rings. The van der Waals surface area contributed by atoms with E-state index in [1.54, 1.807) is 0 Å². The van der Waals surface area contributed by atoms with Gasteiger partial charge in [0, 0.05) is 67.7 Å². The molecule has 6 heteroatoms. The summed E-state index contributed by atoms with van der Waals surface area (Å²) in [4.78, 5) is 13.3. The van der Waals surface area contributed by atoms with Gasteiger partial charge in [0.15, 0.2) is 0 Å². The minimum Gasteiger partial charge on any atom is -0.380 e. The van der Waals surface area contributed by atoms with E-state index in [1.807, 2.05) is 6.92 Å². The molecule has 6 nitrogen and oxygen atoms in total. The van der Waals surface area contributed by atoms with Crippen LogP contribution in [0.1, 0.15) is 48.0 Å². The van der Waals surface area contributed by atoms with Crippen molar-refractivity contribution in [2.24, 2.45) is 0 Å². The van der Waals surface area contributed by atoms with Crippen LogP contribution in [0.3, 0.4) is 0 Å². The first-order chi connectivity index (χ1) is 16.0. The Labute approximate surface area is 198 Å². The summed E-state index contributed by atoms with van der Waals surface area (Å²) in [6.07, 6.45) is 1.10. The number of pyridine rings is 1. The van der Waals surface area contributed by atoms with Crippen LogP contribution in [0, 0.1) is 13.8 Å². The number of H-pyrrole nitrogens is 1. The Morgan fingerprint density at radius 2 is 2.09 bits per heavy atom. The molecule has 4 rings (SSSR count). The van der Waals surface area contributed by atoms with E-state index in [2.05, 4.69) is 78.3 Å². The smallest absolute Gasteiger partial charge is 0.126 e. The molecule has 1 aromatic carbocycles. The van der Waals surface area contributed by atoms with Crippen molar-refractivity contribution in [3.8, 4) is 0 Å². The number of likely N-dealkylation sites (N-methyl/N-ethyl adjacent to an activating group) is 1. The van der Waals surface area contributed by atoms with Crippen LogP contribution >= 0.6 is 0 Å². The van der Waals surface area contributed by atoms with Gasteiger partial charge in [0.1, 0.15) is 5.82 Å². The topological polar surface area (TPSA) is 56.4 Å². The fourth-order valence-corrected chi connectivity index (χ4v) is 4.86. The highest BCUT2D eigenvalue weighted by Gasteiger charge is 2.26. The predicted octanol–water partition coefficient (Wildman–Crippen LogP) is 4.68. The largest absolute Gasteiger partial charge is 0.380 e. The summed E-state index contributed by atoms with van der Waals surface area (Å²) in [5.74, 6) is 0.958. The third kappa shape index (κ3) is 5.57. The monoisotopic (exact) mass is 449 g/mol. The third-order valence-electron chi connectivity index (χ3n) is 6.87. The molecular weight excluding hydrogens is 410 g/mol. The van der Waals surface area contributed by atoms with Gasteiger partial charge >= 0.3 is 0 Å². The van der Waals surface area contributed by atoms with Crippen molar-refractivity contribution in [1.29, 1.82) is 0 Å². The maximum absolute atomic E-state index is 5.46. The molecule has 0 bridgehead atoms. The van der Waals surface area contributed by atoms with E-state index in [-0.39, 0.29) is 0 Å². The van der Waals surface area contributed by atoms with Gasteiger partial charge in [-0.25, -0.2) is 4.98 Å². The number of aryl methyl sites for hydroxylation is 2. The number of nitrogens with one attached hydrogen (secondary N) is 2. The maximum atomic E-state index is 5.46. The summed E-state index contributed by atoms with van der Waals surface area (Å²) < 4.78 is 5.46. The van der Waals surface area contributed by atoms with Crippen LogP contribution in [-0.4, -0.2) is 66.2 Å². The van der Waals surface area contributed by atoms with Crippen molar-refractivity contribution in [2.75, 3.05) is 51.8 Å². The number of hydrogen-bond donors (Lipinski definition) is 2. The molecule has 0 spiro atoms. The lowest BCUT2D eigenvalue weighted by Crippen LogP contribution is -2.37. The van der Waals surface area contributed by atoms with Gasteiger partial charge in [0.25, 0.3) is 0 Å². The van der Waals surface area contributed by atoms with Crippen LogP contribution in [0.15, 0.2) is 30.3 Å². The van der Waals surface area contributed by atoms with Crippen LogP contribution in [0.5, 0.6) is 0 Å². The summed E-state index contributed by atoms with van der Waals surface area (Å²) in [6.45, 7) is 15.0. The zero-order valence-electron chi connectivity index (χ0n) is 20.9. The van der Waals surface area contributed by atoms with Gasteiger partial charge in [-0.3, -0.25) is 9.80 Å². The average molecular weight is 450 g/mol. The minimum atomic E-state index is 0.396. The number of fused-ring (bicyclic) bond motifs is 3. The van der Waals surface area contributed by atoms with Crippen molar-refractivity contribution in [3.63, 3.8) is 0 Å². The van der Waals surface area contributed by atoms with Crippen LogP contribution in [-0.2, 0) is 17.7 Å². The van der Waals surface area contributed by atoms with E-state index in [9.17, 15) is 0 Å². The molecule has 0 aliphatic carbocycles. The van der Waals surface area contributed by atoms with Crippen molar-refractivity contribution >= 4 is 16.7 Å². The summed E-state index contributed by atoms with van der Waals surface area (Å²) in [7, 11) is 2.13. The summed E-state index contributed by atoms with van der Waals surface area (Å²) in [5.41, 5.74) is 7.84. The second-order valence-electron chi connectivity index (χ2n) is 9.33. The van der Waals surface area contributed by atoms with E-state index < -0.39 is 0 Å². The highest BCUT2D eigenvalue weighted by atomic mass is 16.5. The fourth-order valence-electron chi connectivity index (χ4n) is 4.86. The van der Waals surface area contributed by atoms with Gasteiger partial charge in [0.2, 0.25) is 0 Å². The van der Waals surface area contributed by atoms with E-state index in [0.717, 1.165) is 63.9 Å². The lowest BCUT2D eigenvalue weighted by molar-refractivity contribution is 0.120. The molecule has 0 saturated carbocycles. The quantitative estimate of drug-likeness (QED) is 0.440. The van der Waals surface area contributed by atoms with E-state index in [0.29, 0.717) is 6.04 Å². The molecular formula is C27H39N5O. The molecule has 0 amide bonds. The second kappa shape index (κ2) is 10.7. The van der Waals surface area contributed by atoms with Crippen molar-refractivity contribution in [2.45, 2.75) is 46.7 Å². The molecule has 3 heterocycles. The van der Waals surface area contributed by atoms with Gasteiger partial charge in [-0.1, -0.05) is 17.7 Å². The van der Waals surface area contributed by atoms with Crippen molar-refractivity contribution in [3.05, 3.63) is 58.4 Å². The number of aromatic nitrogens is 2. The molecule has 33 heavy (non-hydrogen) atoms. The van der Waals surface area contributed by atoms with Crippen molar-refractivity contribution in [1.82, 2.24) is 19.8 Å². The molecule has 1 atom stereocenters. The predicted molar refractivity (Wildman–Crippen MR) is 137 cm³/mol. The first kappa shape index (κ1) is 23.7. The second-order valence-corrected chi connectivity index (χ2v) is 9.33. The van der Waals surface area contributed by atoms with E-state index in [4.69, 9.17) is 9.72 Å². The Morgan fingerprint density at radius 1 is 1.24 bits per heavy atom. The Hall–Kier alpha value is -2.41. The van der Waals surface area contributed by atoms with Gasteiger partial charge in [0.05, 0.1) is 6.61 Å². The number of benzene rings is 1. The SMILES string of the molecule is CCOCCN(C)Cc1ccc(NCCN2CCc3c([nH]c4ccc(C)cc34)C2C)nc1C. The number of ether oxygens (including phenoxy) is 1. The Morgan fingerprint density at radius 3 is 2.88 bits per heavy atom. The number of aromatic amines is 1. The fraction of sp³-hybridized carbons (Fsp3) is 0.519. The molecule has 0 saturated heterocycles. The highest BCUT2D eigenvalue weighted by Crippen LogP contribution is 2.34.